The van der Waals surface area contributed by atoms with Gasteiger partial charge < -0.3 is 10.6 Å². The van der Waals surface area contributed by atoms with Gasteiger partial charge in [-0.15, -0.1) is 0 Å². The molecule has 2 rings (SSSR count). The van der Waals surface area contributed by atoms with Gasteiger partial charge >= 0.3 is 0 Å². The third-order valence-corrected chi connectivity index (χ3v) is 3.88. The van der Waals surface area contributed by atoms with Crippen LogP contribution in [-0.4, -0.2) is 5.11 Å². The van der Waals surface area contributed by atoms with Crippen LogP contribution < -0.4 is 10.6 Å². The van der Waals surface area contributed by atoms with Gasteiger partial charge in [0.25, 0.3) is 0 Å². The quantitative estimate of drug-likeness (QED) is 0.627. The second-order valence-electron chi connectivity index (χ2n) is 4.16. The highest BCUT2D eigenvalue weighted by Gasteiger charge is 2.05. The number of nitrogens with one attached hydrogen (secondary N) is 2. The standard InChI is InChI=1S/C14H11BrCl2N2S/c1-8-6-9(15)2-5-12(8)18-14(20)19-13-7-10(16)3-4-11(13)17/h2-7H,1H3,(H2,18,19,20). The van der Waals surface area contributed by atoms with Gasteiger partial charge in [0, 0.05) is 15.2 Å². The van der Waals surface area contributed by atoms with Crippen LogP contribution in [0.2, 0.25) is 10.0 Å². The summed E-state index contributed by atoms with van der Waals surface area (Å²) < 4.78 is 1.03. The van der Waals surface area contributed by atoms with Crippen LogP contribution in [0.3, 0.4) is 0 Å². The van der Waals surface area contributed by atoms with Gasteiger partial charge in [-0.25, -0.2) is 0 Å². The van der Waals surface area contributed by atoms with E-state index in [0.29, 0.717) is 20.8 Å². The number of aryl methyl sites for hydroxylation is 1. The molecule has 0 amide bonds. The highest BCUT2D eigenvalue weighted by atomic mass is 79.9. The van der Waals surface area contributed by atoms with Gasteiger partial charge in [-0.2, -0.15) is 0 Å². The van der Waals surface area contributed by atoms with Crippen molar-refractivity contribution in [1.29, 1.82) is 0 Å². The van der Waals surface area contributed by atoms with Crippen molar-refractivity contribution < 1.29 is 0 Å². The van der Waals surface area contributed by atoms with E-state index in [9.17, 15) is 0 Å². The maximum absolute atomic E-state index is 6.08. The van der Waals surface area contributed by atoms with E-state index in [1.165, 1.54) is 0 Å². The molecule has 20 heavy (non-hydrogen) atoms. The monoisotopic (exact) mass is 388 g/mol. The van der Waals surface area contributed by atoms with E-state index in [2.05, 4.69) is 26.6 Å². The molecule has 0 heterocycles. The number of rotatable bonds is 2. The lowest BCUT2D eigenvalue weighted by Crippen LogP contribution is -2.19. The molecule has 6 heteroatoms. The van der Waals surface area contributed by atoms with Crippen LogP contribution in [0.5, 0.6) is 0 Å². The van der Waals surface area contributed by atoms with E-state index in [1.807, 2.05) is 25.1 Å². The van der Waals surface area contributed by atoms with Gasteiger partial charge in [-0.05, 0) is 61.1 Å². The Kier molecular flexibility index (Phi) is 5.27. The topological polar surface area (TPSA) is 24.1 Å². The average molecular weight is 390 g/mol. The fraction of sp³-hybridized carbons (Fsp3) is 0.0714. The van der Waals surface area contributed by atoms with Gasteiger partial charge in [0.05, 0.1) is 10.7 Å². The summed E-state index contributed by atoms with van der Waals surface area (Å²) in [6, 6.07) is 11.1. The van der Waals surface area contributed by atoms with Crippen LogP contribution in [0.4, 0.5) is 11.4 Å². The first-order valence-electron chi connectivity index (χ1n) is 5.75. The number of halogens is 3. The van der Waals surface area contributed by atoms with Crippen molar-refractivity contribution in [3.63, 3.8) is 0 Å². The maximum atomic E-state index is 6.08. The Balaban J connectivity index is 2.11. The van der Waals surface area contributed by atoms with Gasteiger partial charge in [0.1, 0.15) is 0 Å². The summed E-state index contributed by atoms with van der Waals surface area (Å²) in [5, 5.41) is 7.78. The average Bonchev–Trinajstić information content (AvgIpc) is 2.37. The zero-order valence-corrected chi connectivity index (χ0v) is 14.4. The molecule has 2 N–H and O–H groups in total. The zero-order valence-electron chi connectivity index (χ0n) is 10.5. The summed E-state index contributed by atoms with van der Waals surface area (Å²) in [6.45, 7) is 2.00. The van der Waals surface area contributed by atoms with Crippen LogP contribution >= 0.6 is 51.3 Å². The normalized spacial score (nSPS) is 10.2. The Morgan fingerprint density at radius 1 is 1.05 bits per heavy atom. The van der Waals surface area contributed by atoms with Crippen LogP contribution in [0.15, 0.2) is 40.9 Å². The van der Waals surface area contributed by atoms with E-state index >= 15 is 0 Å². The molecule has 2 nitrogen and oxygen atoms in total. The lowest BCUT2D eigenvalue weighted by molar-refractivity contribution is 1.44. The van der Waals surface area contributed by atoms with Crippen molar-refractivity contribution in [3.8, 4) is 0 Å². The number of hydrogen-bond acceptors (Lipinski definition) is 1. The van der Waals surface area contributed by atoms with E-state index in [0.717, 1.165) is 15.7 Å². The summed E-state index contributed by atoms with van der Waals surface area (Å²) >= 11 is 20.7. The van der Waals surface area contributed by atoms with Gasteiger partial charge in [-0.1, -0.05) is 39.1 Å². The second kappa shape index (κ2) is 6.76. The molecule has 0 saturated carbocycles. The van der Waals surface area contributed by atoms with Crippen molar-refractivity contribution in [2.75, 3.05) is 10.6 Å². The zero-order chi connectivity index (χ0) is 14.7. The van der Waals surface area contributed by atoms with Crippen molar-refractivity contribution in [3.05, 3.63) is 56.5 Å². The molecule has 0 atom stereocenters. The second-order valence-corrected chi connectivity index (χ2v) is 6.33. The first-order chi connectivity index (χ1) is 9.45. The summed E-state index contributed by atoms with van der Waals surface area (Å²) in [7, 11) is 0. The Morgan fingerprint density at radius 3 is 2.45 bits per heavy atom. The minimum Gasteiger partial charge on any atom is -0.332 e. The number of hydrogen-bond donors (Lipinski definition) is 2. The fourth-order valence-corrected chi connectivity index (χ4v) is 2.67. The first-order valence-corrected chi connectivity index (χ1v) is 7.70. The molecular formula is C14H11BrCl2N2S. The predicted molar refractivity (Wildman–Crippen MR) is 95.2 cm³/mol. The Hall–Kier alpha value is -0.810. The highest BCUT2D eigenvalue weighted by Crippen LogP contribution is 2.26. The van der Waals surface area contributed by atoms with Gasteiger partial charge in [0.2, 0.25) is 0 Å². The summed E-state index contributed by atoms with van der Waals surface area (Å²) in [4.78, 5) is 0. The molecule has 0 aliphatic rings. The molecule has 0 bridgehead atoms. The van der Waals surface area contributed by atoms with E-state index < -0.39 is 0 Å². The molecule has 0 spiro atoms. The van der Waals surface area contributed by atoms with Crippen LogP contribution in [0, 0.1) is 6.92 Å². The van der Waals surface area contributed by atoms with Crippen molar-refractivity contribution >= 4 is 67.8 Å². The summed E-state index contributed by atoms with van der Waals surface area (Å²) in [5.74, 6) is 0. The molecule has 0 aliphatic heterocycles. The largest absolute Gasteiger partial charge is 0.332 e. The molecule has 0 aliphatic carbocycles. The third-order valence-electron chi connectivity index (χ3n) is 2.61. The lowest BCUT2D eigenvalue weighted by Gasteiger charge is -2.13. The third kappa shape index (κ3) is 4.09. The smallest absolute Gasteiger partial charge is 0.175 e. The van der Waals surface area contributed by atoms with Crippen LogP contribution in [0.1, 0.15) is 5.56 Å². The molecule has 0 aromatic heterocycles. The number of anilines is 2. The molecule has 0 radical (unpaired) electrons. The SMILES string of the molecule is Cc1cc(Br)ccc1NC(=S)Nc1cc(Cl)ccc1Cl. The molecule has 2 aromatic carbocycles. The number of benzene rings is 2. The van der Waals surface area contributed by atoms with Crippen LogP contribution in [0.25, 0.3) is 0 Å². The van der Waals surface area contributed by atoms with Gasteiger partial charge in [-0.3, -0.25) is 0 Å². The van der Waals surface area contributed by atoms with E-state index in [1.54, 1.807) is 18.2 Å². The molecule has 0 saturated heterocycles. The molecule has 104 valence electrons. The first kappa shape index (κ1) is 15.6. The highest BCUT2D eigenvalue weighted by molar-refractivity contribution is 9.10. The fourth-order valence-electron chi connectivity index (χ4n) is 1.64. The summed E-state index contributed by atoms with van der Waals surface area (Å²) in [5.41, 5.74) is 2.69. The summed E-state index contributed by atoms with van der Waals surface area (Å²) in [6.07, 6.45) is 0. The van der Waals surface area contributed by atoms with Crippen molar-refractivity contribution in [2.24, 2.45) is 0 Å². The maximum Gasteiger partial charge on any atom is 0.175 e. The number of thiocarbonyl (C=S) groups is 1. The van der Waals surface area contributed by atoms with E-state index in [-0.39, 0.29) is 0 Å². The van der Waals surface area contributed by atoms with Crippen LogP contribution in [-0.2, 0) is 0 Å². The predicted octanol–water partition coefficient (Wildman–Crippen LogP) is 5.87. The van der Waals surface area contributed by atoms with Crippen molar-refractivity contribution in [2.45, 2.75) is 6.92 Å². The Labute approximate surface area is 141 Å². The molecule has 0 unspecified atom stereocenters. The Morgan fingerprint density at radius 2 is 1.75 bits per heavy atom. The molecule has 2 aromatic rings. The Bertz CT molecular complexity index is 662. The van der Waals surface area contributed by atoms with Crippen molar-refractivity contribution in [1.82, 2.24) is 0 Å². The minimum atomic E-state index is 0.458. The minimum absolute atomic E-state index is 0.458. The molecular weight excluding hydrogens is 379 g/mol. The lowest BCUT2D eigenvalue weighted by atomic mass is 10.2. The molecule has 0 fully saturated rings. The van der Waals surface area contributed by atoms with E-state index in [4.69, 9.17) is 35.4 Å². The van der Waals surface area contributed by atoms with Gasteiger partial charge in [0.15, 0.2) is 5.11 Å².